The van der Waals surface area contributed by atoms with Crippen molar-refractivity contribution in [1.82, 2.24) is 4.90 Å². The van der Waals surface area contributed by atoms with Gasteiger partial charge >= 0.3 is 0 Å². The van der Waals surface area contributed by atoms with E-state index in [0.29, 0.717) is 0 Å². The number of benzene rings is 1. The van der Waals surface area contributed by atoms with E-state index in [2.05, 4.69) is 46.1 Å². The van der Waals surface area contributed by atoms with Crippen molar-refractivity contribution < 1.29 is 0 Å². The molecule has 4 heteroatoms. The van der Waals surface area contributed by atoms with Crippen LogP contribution in [-0.4, -0.2) is 37.6 Å². The summed E-state index contributed by atoms with van der Waals surface area (Å²) in [4.78, 5) is 4.88. The molecule has 1 fully saturated rings. The van der Waals surface area contributed by atoms with E-state index in [4.69, 9.17) is 6.42 Å². The zero-order valence-corrected chi connectivity index (χ0v) is 12.1. The average Bonchev–Trinajstić information content (AvgIpc) is 2.38. The Labute approximate surface area is 122 Å². The molecule has 0 N–H and O–H groups in total. The fourth-order valence-corrected chi connectivity index (χ4v) is 2.09. The number of terminal acetylenes is 1. The van der Waals surface area contributed by atoms with Crippen LogP contribution >= 0.6 is 24.8 Å². The SMILES string of the molecule is C#CCCN1CCN(c2ccccc2)CC1.Cl.Cl. The van der Waals surface area contributed by atoms with Crippen LogP contribution in [0.25, 0.3) is 0 Å². The van der Waals surface area contributed by atoms with Crippen molar-refractivity contribution in [2.45, 2.75) is 6.42 Å². The maximum absolute atomic E-state index is 5.28. The van der Waals surface area contributed by atoms with Crippen LogP contribution in [0.3, 0.4) is 0 Å². The number of rotatable bonds is 3. The molecule has 0 atom stereocenters. The minimum atomic E-state index is 0. The molecule has 0 spiro atoms. The summed E-state index contributed by atoms with van der Waals surface area (Å²) in [5, 5.41) is 0. The topological polar surface area (TPSA) is 6.48 Å². The maximum atomic E-state index is 5.28. The minimum Gasteiger partial charge on any atom is -0.369 e. The van der Waals surface area contributed by atoms with Gasteiger partial charge in [0.1, 0.15) is 0 Å². The first-order chi connectivity index (χ1) is 7.90. The molecule has 2 rings (SSSR count). The number of nitrogens with zero attached hydrogens (tertiary/aromatic N) is 2. The van der Waals surface area contributed by atoms with Crippen molar-refractivity contribution in [2.75, 3.05) is 37.6 Å². The van der Waals surface area contributed by atoms with E-state index in [1.165, 1.54) is 5.69 Å². The zero-order valence-electron chi connectivity index (χ0n) is 10.4. The highest BCUT2D eigenvalue weighted by Gasteiger charge is 2.15. The van der Waals surface area contributed by atoms with Gasteiger partial charge in [0.2, 0.25) is 0 Å². The number of hydrogen-bond donors (Lipinski definition) is 0. The number of anilines is 1. The Morgan fingerprint density at radius 3 is 2.17 bits per heavy atom. The van der Waals surface area contributed by atoms with Crippen molar-refractivity contribution in [3.8, 4) is 12.3 Å². The molecule has 0 radical (unpaired) electrons. The molecule has 1 aliphatic rings. The first-order valence-corrected chi connectivity index (χ1v) is 5.86. The van der Waals surface area contributed by atoms with Gasteiger partial charge in [-0.3, -0.25) is 4.90 Å². The lowest BCUT2D eigenvalue weighted by molar-refractivity contribution is 0.264. The van der Waals surface area contributed by atoms with Crippen LogP contribution in [0, 0.1) is 12.3 Å². The summed E-state index contributed by atoms with van der Waals surface area (Å²) in [5.41, 5.74) is 1.33. The third kappa shape index (κ3) is 4.78. The number of para-hydroxylation sites is 1. The van der Waals surface area contributed by atoms with Crippen molar-refractivity contribution in [1.29, 1.82) is 0 Å². The van der Waals surface area contributed by atoms with E-state index in [1.807, 2.05) is 0 Å². The Kier molecular flexibility index (Phi) is 8.66. The molecule has 0 saturated carbocycles. The summed E-state index contributed by atoms with van der Waals surface area (Å²) < 4.78 is 0. The number of halogens is 2. The van der Waals surface area contributed by atoms with E-state index in [1.54, 1.807) is 0 Å². The lowest BCUT2D eigenvalue weighted by Gasteiger charge is -2.35. The van der Waals surface area contributed by atoms with Crippen LogP contribution in [0.4, 0.5) is 5.69 Å². The molecule has 0 aromatic heterocycles. The lowest BCUT2D eigenvalue weighted by Crippen LogP contribution is -2.46. The summed E-state index contributed by atoms with van der Waals surface area (Å²) in [5.74, 6) is 2.70. The summed E-state index contributed by atoms with van der Waals surface area (Å²) in [6.45, 7) is 5.50. The molecule has 0 aliphatic carbocycles. The Hall–Kier alpha value is -0.880. The standard InChI is InChI=1S/C14H18N2.2ClH/c1-2-3-9-15-10-12-16(13-11-15)14-7-5-4-6-8-14;;/h1,4-8H,3,9-13H2;2*1H. The quantitative estimate of drug-likeness (QED) is 0.789. The largest absolute Gasteiger partial charge is 0.369 e. The molecule has 100 valence electrons. The van der Waals surface area contributed by atoms with Crippen LogP contribution in [0.15, 0.2) is 30.3 Å². The van der Waals surface area contributed by atoms with E-state index >= 15 is 0 Å². The normalized spacial score (nSPS) is 15.2. The highest BCUT2D eigenvalue weighted by Crippen LogP contribution is 2.15. The van der Waals surface area contributed by atoms with E-state index in [0.717, 1.165) is 39.1 Å². The average molecular weight is 287 g/mol. The molecule has 18 heavy (non-hydrogen) atoms. The van der Waals surface area contributed by atoms with Crippen molar-refractivity contribution in [3.05, 3.63) is 30.3 Å². The highest BCUT2D eigenvalue weighted by atomic mass is 35.5. The van der Waals surface area contributed by atoms with E-state index in [-0.39, 0.29) is 24.8 Å². The molecule has 1 aromatic carbocycles. The third-order valence-corrected chi connectivity index (χ3v) is 3.07. The summed E-state index contributed by atoms with van der Waals surface area (Å²) in [6.07, 6.45) is 6.14. The summed E-state index contributed by atoms with van der Waals surface area (Å²) >= 11 is 0. The highest BCUT2D eigenvalue weighted by molar-refractivity contribution is 5.85. The Bertz CT molecular complexity index is 354. The Morgan fingerprint density at radius 2 is 1.61 bits per heavy atom. The maximum Gasteiger partial charge on any atom is 0.0367 e. The molecule has 1 aliphatic heterocycles. The van der Waals surface area contributed by atoms with Gasteiger partial charge in [0, 0.05) is 44.8 Å². The van der Waals surface area contributed by atoms with Crippen LogP contribution in [-0.2, 0) is 0 Å². The van der Waals surface area contributed by atoms with Crippen LogP contribution in [0.1, 0.15) is 6.42 Å². The molecule has 1 saturated heterocycles. The molecule has 0 bridgehead atoms. The Balaban J connectivity index is 0.00000144. The zero-order chi connectivity index (χ0) is 11.2. The fraction of sp³-hybridized carbons (Fsp3) is 0.429. The van der Waals surface area contributed by atoms with Gasteiger partial charge in [-0.2, -0.15) is 0 Å². The molecule has 0 amide bonds. The summed E-state index contributed by atoms with van der Waals surface area (Å²) in [6, 6.07) is 10.6. The van der Waals surface area contributed by atoms with Crippen molar-refractivity contribution in [3.63, 3.8) is 0 Å². The second-order valence-corrected chi connectivity index (χ2v) is 4.12. The summed E-state index contributed by atoms with van der Waals surface area (Å²) in [7, 11) is 0. The Morgan fingerprint density at radius 1 is 1.00 bits per heavy atom. The predicted molar refractivity (Wildman–Crippen MR) is 83.0 cm³/mol. The van der Waals surface area contributed by atoms with Crippen molar-refractivity contribution in [2.24, 2.45) is 0 Å². The van der Waals surface area contributed by atoms with Crippen LogP contribution in [0.2, 0.25) is 0 Å². The molecule has 0 unspecified atom stereocenters. The predicted octanol–water partition coefficient (Wildman–Crippen LogP) is 2.68. The molecule has 2 nitrogen and oxygen atoms in total. The van der Waals surface area contributed by atoms with Gasteiger partial charge in [-0.05, 0) is 12.1 Å². The van der Waals surface area contributed by atoms with Crippen molar-refractivity contribution >= 4 is 30.5 Å². The van der Waals surface area contributed by atoms with Gasteiger partial charge in [0.25, 0.3) is 0 Å². The van der Waals surface area contributed by atoms with Gasteiger partial charge in [0.15, 0.2) is 0 Å². The molecular weight excluding hydrogens is 267 g/mol. The van der Waals surface area contributed by atoms with Gasteiger partial charge in [-0.25, -0.2) is 0 Å². The lowest BCUT2D eigenvalue weighted by atomic mass is 10.2. The van der Waals surface area contributed by atoms with Gasteiger partial charge < -0.3 is 4.90 Å². The van der Waals surface area contributed by atoms with Gasteiger partial charge in [-0.15, -0.1) is 37.2 Å². The van der Waals surface area contributed by atoms with E-state index in [9.17, 15) is 0 Å². The first-order valence-electron chi connectivity index (χ1n) is 5.86. The second-order valence-electron chi connectivity index (χ2n) is 4.12. The molecule has 1 aromatic rings. The molecule has 1 heterocycles. The van der Waals surface area contributed by atoms with Gasteiger partial charge in [0.05, 0.1) is 0 Å². The van der Waals surface area contributed by atoms with Gasteiger partial charge in [-0.1, -0.05) is 18.2 Å². The smallest absolute Gasteiger partial charge is 0.0367 e. The third-order valence-electron chi connectivity index (χ3n) is 3.07. The monoisotopic (exact) mass is 286 g/mol. The van der Waals surface area contributed by atoms with E-state index < -0.39 is 0 Å². The fourth-order valence-electron chi connectivity index (χ4n) is 2.09. The van der Waals surface area contributed by atoms with Crippen LogP contribution < -0.4 is 4.90 Å². The minimum absolute atomic E-state index is 0. The van der Waals surface area contributed by atoms with Crippen LogP contribution in [0.5, 0.6) is 0 Å². The molecular formula is C14H20Cl2N2. The number of piperazine rings is 1. The second kappa shape index (κ2) is 9.10. The number of hydrogen-bond acceptors (Lipinski definition) is 2. The first kappa shape index (κ1) is 17.1.